The van der Waals surface area contributed by atoms with E-state index in [1.54, 1.807) is 0 Å². The van der Waals surface area contributed by atoms with Crippen LogP contribution in [0, 0.1) is 0 Å². The van der Waals surface area contributed by atoms with Gasteiger partial charge in [-0.3, -0.25) is 0 Å². The fraction of sp³-hybridized carbons (Fsp3) is 1.00. The van der Waals surface area contributed by atoms with E-state index in [1.807, 2.05) is 0 Å². The van der Waals surface area contributed by atoms with Gasteiger partial charge in [-0.1, -0.05) is 0 Å². The summed E-state index contributed by atoms with van der Waals surface area (Å²) in [5, 5.41) is 28.1. The van der Waals surface area contributed by atoms with Gasteiger partial charge in [-0.25, -0.2) is 0 Å². The molecule has 1 fully saturated rings. The third kappa shape index (κ3) is 1.37. The van der Waals surface area contributed by atoms with Gasteiger partial charge in [-0.15, -0.1) is 0 Å². The largest absolute Gasteiger partial charge is 0.391 e. The molecule has 0 unspecified atom stereocenters. The molecule has 12 heavy (non-hydrogen) atoms. The topological polar surface area (TPSA) is 69.9 Å². The maximum Gasteiger partial charge on any atom is 0.113 e. The Morgan fingerprint density at radius 1 is 1.58 bits per heavy atom. The van der Waals surface area contributed by atoms with Crippen molar-refractivity contribution in [3.05, 3.63) is 0 Å². The number of hydrogen-bond donors (Lipinski definition) is 3. The summed E-state index contributed by atoms with van der Waals surface area (Å²) in [5.74, 6) is 0. The van der Waals surface area contributed by atoms with Crippen LogP contribution in [-0.4, -0.2) is 53.1 Å². The van der Waals surface area contributed by atoms with Crippen LogP contribution in [0.2, 0.25) is 0 Å². The molecular weight excluding hydrogens is 159 g/mol. The van der Waals surface area contributed by atoms with Crippen LogP contribution in [0.5, 0.6) is 0 Å². The Morgan fingerprint density at radius 2 is 2.08 bits per heavy atom. The predicted molar refractivity (Wildman–Crippen MR) is 42.7 cm³/mol. The second-order valence-corrected chi connectivity index (χ2v) is 3.43. The standard InChI is InChI=1S/C7H13BO4/c1-3(9)4-5(10)7(2,11)6(8)12-4/h3-6,9-11H,1-2H3/t3-,4-,5-,6-,7-/m1/s1. The van der Waals surface area contributed by atoms with Crippen LogP contribution in [0.15, 0.2) is 0 Å². The van der Waals surface area contributed by atoms with Gasteiger partial charge in [-0.2, -0.15) is 0 Å². The van der Waals surface area contributed by atoms with E-state index >= 15 is 0 Å². The molecule has 1 heterocycles. The molecule has 0 aromatic heterocycles. The highest BCUT2D eigenvalue weighted by Crippen LogP contribution is 2.30. The van der Waals surface area contributed by atoms with Gasteiger partial charge in [0.05, 0.1) is 6.10 Å². The van der Waals surface area contributed by atoms with Gasteiger partial charge in [0.15, 0.2) is 0 Å². The molecule has 1 rings (SSSR count). The minimum absolute atomic E-state index is 0.810. The Labute approximate surface area is 72.6 Å². The first-order valence-corrected chi connectivity index (χ1v) is 3.87. The lowest BCUT2D eigenvalue weighted by Gasteiger charge is -2.25. The van der Waals surface area contributed by atoms with E-state index in [0.717, 1.165) is 0 Å². The molecule has 1 saturated heterocycles. The first-order chi connectivity index (χ1) is 5.37. The summed E-state index contributed by atoms with van der Waals surface area (Å²) in [6.45, 7) is 2.85. The SMILES string of the molecule is [B][C@@H]1O[C@H]([C@@H](C)O)[C@@H](O)[C@@]1(C)O. The summed E-state index contributed by atoms with van der Waals surface area (Å²) in [5.41, 5.74) is -1.48. The molecule has 3 N–H and O–H groups in total. The zero-order valence-corrected chi connectivity index (χ0v) is 7.14. The third-order valence-corrected chi connectivity index (χ3v) is 2.27. The average molecular weight is 172 g/mol. The Morgan fingerprint density at radius 3 is 2.25 bits per heavy atom. The van der Waals surface area contributed by atoms with E-state index in [1.165, 1.54) is 13.8 Å². The number of aliphatic hydroxyl groups is 3. The number of rotatable bonds is 1. The van der Waals surface area contributed by atoms with Crippen LogP contribution in [-0.2, 0) is 4.74 Å². The van der Waals surface area contributed by atoms with Gasteiger partial charge in [0, 0.05) is 6.00 Å². The Bertz CT molecular complexity index is 171. The monoisotopic (exact) mass is 172 g/mol. The molecule has 0 aromatic carbocycles. The first-order valence-electron chi connectivity index (χ1n) is 3.87. The number of ether oxygens (including phenoxy) is 1. The van der Waals surface area contributed by atoms with Crippen molar-refractivity contribution in [2.45, 2.75) is 43.8 Å². The van der Waals surface area contributed by atoms with Crippen LogP contribution >= 0.6 is 0 Å². The van der Waals surface area contributed by atoms with Crippen molar-refractivity contribution in [1.29, 1.82) is 0 Å². The molecule has 68 valence electrons. The second-order valence-electron chi connectivity index (χ2n) is 3.43. The Kier molecular flexibility index (Phi) is 2.49. The summed E-state index contributed by atoms with van der Waals surface area (Å²) in [7, 11) is 5.39. The highest BCUT2D eigenvalue weighted by atomic mass is 16.6. The minimum Gasteiger partial charge on any atom is -0.391 e. The van der Waals surface area contributed by atoms with Crippen molar-refractivity contribution in [1.82, 2.24) is 0 Å². The van der Waals surface area contributed by atoms with Gasteiger partial charge in [0.1, 0.15) is 25.7 Å². The van der Waals surface area contributed by atoms with E-state index in [9.17, 15) is 10.2 Å². The van der Waals surface area contributed by atoms with Gasteiger partial charge in [0.25, 0.3) is 0 Å². The van der Waals surface area contributed by atoms with Gasteiger partial charge in [0.2, 0.25) is 0 Å². The van der Waals surface area contributed by atoms with E-state index in [2.05, 4.69) is 0 Å². The highest BCUT2D eigenvalue weighted by Gasteiger charge is 2.50. The number of hydrogen-bond acceptors (Lipinski definition) is 4. The van der Waals surface area contributed by atoms with Gasteiger partial charge in [-0.05, 0) is 13.8 Å². The number of aliphatic hydroxyl groups excluding tert-OH is 2. The highest BCUT2D eigenvalue weighted by molar-refractivity contribution is 6.12. The van der Waals surface area contributed by atoms with E-state index in [-0.39, 0.29) is 0 Å². The maximum absolute atomic E-state index is 9.54. The predicted octanol–water partition coefficient (Wildman–Crippen LogP) is -1.63. The Balaban J connectivity index is 2.76. The van der Waals surface area contributed by atoms with Crippen LogP contribution < -0.4 is 0 Å². The quantitative estimate of drug-likeness (QED) is 0.415. The van der Waals surface area contributed by atoms with Gasteiger partial charge >= 0.3 is 0 Å². The van der Waals surface area contributed by atoms with Gasteiger partial charge < -0.3 is 20.1 Å². The third-order valence-electron chi connectivity index (χ3n) is 2.27. The molecule has 0 aromatic rings. The summed E-state index contributed by atoms with van der Waals surface area (Å²) in [6.07, 6.45) is -2.80. The lowest BCUT2D eigenvalue weighted by atomic mass is 9.81. The molecule has 0 bridgehead atoms. The molecule has 1 aliphatic rings. The molecule has 4 nitrogen and oxygen atoms in total. The van der Waals surface area contributed by atoms with E-state index in [0.29, 0.717) is 0 Å². The van der Waals surface area contributed by atoms with Crippen molar-refractivity contribution in [3.8, 4) is 0 Å². The molecule has 0 aliphatic carbocycles. The average Bonchev–Trinajstić information content (AvgIpc) is 2.13. The van der Waals surface area contributed by atoms with Crippen LogP contribution in [0.4, 0.5) is 0 Å². The zero-order chi connectivity index (χ0) is 9.52. The summed E-state index contributed by atoms with van der Waals surface area (Å²) < 4.78 is 4.98. The van der Waals surface area contributed by atoms with Crippen molar-refractivity contribution in [2.75, 3.05) is 0 Å². The maximum atomic E-state index is 9.54. The fourth-order valence-electron chi connectivity index (χ4n) is 1.26. The summed E-state index contributed by atoms with van der Waals surface area (Å²) in [4.78, 5) is 0. The van der Waals surface area contributed by atoms with Crippen molar-refractivity contribution in [3.63, 3.8) is 0 Å². The van der Waals surface area contributed by atoms with Crippen molar-refractivity contribution in [2.24, 2.45) is 0 Å². The van der Waals surface area contributed by atoms with Crippen molar-refractivity contribution >= 4 is 7.85 Å². The summed E-state index contributed by atoms with van der Waals surface area (Å²) in [6, 6.07) is -0.952. The smallest absolute Gasteiger partial charge is 0.113 e. The molecule has 0 spiro atoms. The lowest BCUT2D eigenvalue weighted by Crippen LogP contribution is -2.47. The normalized spacial score (nSPS) is 50.9. The fourth-order valence-corrected chi connectivity index (χ4v) is 1.26. The van der Waals surface area contributed by atoms with Crippen LogP contribution in [0.3, 0.4) is 0 Å². The van der Waals surface area contributed by atoms with Crippen molar-refractivity contribution < 1.29 is 20.1 Å². The van der Waals surface area contributed by atoms with E-state index in [4.69, 9.17) is 17.7 Å². The molecule has 5 atom stereocenters. The first kappa shape index (κ1) is 9.99. The molecule has 1 aliphatic heterocycles. The molecule has 5 heteroatoms. The summed E-state index contributed by atoms with van der Waals surface area (Å²) >= 11 is 0. The molecular formula is C7H13BO4. The van der Waals surface area contributed by atoms with Crippen LogP contribution in [0.1, 0.15) is 13.8 Å². The van der Waals surface area contributed by atoms with Crippen LogP contribution in [0.25, 0.3) is 0 Å². The second kappa shape index (κ2) is 2.99. The molecule has 2 radical (unpaired) electrons. The van der Waals surface area contributed by atoms with E-state index < -0.39 is 29.9 Å². The molecule has 0 amide bonds. The molecule has 0 saturated carbocycles. The Hall–Kier alpha value is -0.0951. The minimum atomic E-state index is -1.48. The zero-order valence-electron chi connectivity index (χ0n) is 7.14. The lowest BCUT2D eigenvalue weighted by molar-refractivity contribution is -0.0615.